The predicted molar refractivity (Wildman–Crippen MR) is 66.2 cm³/mol. The molecule has 16 heavy (non-hydrogen) atoms. The van der Waals surface area contributed by atoms with Crippen molar-refractivity contribution in [2.75, 3.05) is 0 Å². The molecule has 1 heterocycles. The molecule has 82 valence electrons. The largest absolute Gasteiger partial charge is 0.320 e. The maximum Gasteiger partial charge on any atom is 0.0552 e. The molecular formula is C14H16N2. The van der Waals surface area contributed by atoms with Crippen LogP contribution in [0.15, 0.2) is 42.7 Å². The molecule has 0 radical (unpaired) electrons. The zero-order valence-electron chi connectivity index (χ0n) is 9.64. The van der Waals surface area contributed by atoms with Crippen LogP contribution in [0.25, 0.3) is 0 Å². The van der Waals surface area contributed by atoms with Crippen LogP contribution in [0.2, 0.25) is 0 Å². The van der Waals surface area contributed by atoms with Gasteiger partial charge in [-0.15, -0.1) is 0 Å². The van der Waals surface area contributed by atoms with E-state index in [2.05, 4.69) is 37.0 Å². The van der Waals surface area contributed by atoms with E-state index in [0.717, 1.165) is 11.1 Å². The fraction of sp³-hybridized carbons (Fsp3) is 0.214. The zero-order chi connectivity index (χ0) is 11.5. The van der Waals surface area contributed by atoms with Gasteiger partial charge in [-0.25, -0.2) is 0 Å². The zero-order valence-corrected chi connectivity index (χ0v) is 9.64. The highest BCUT2D eigenvalue weighted by atomic mass is 14.7. The summed E-state index contributed by atoms with van der Waals surface area (Å²) in [5.74, 6) is 0. The minimum Gasteiger partial charge on any atom is -0.320 e. The van der Waals surface area contributed by atoms with Gasteiger partial charge in [0.1, 0.15) is 0 Å². The number of hydrogen-bond acceptors (Lipinski definition) is 2. The summed E-state index contributed by atoms with van der Waals surface area (Å²) in [4.78, 5) is 4.00. The molecule has 2 rings (SSSR count). The monoisotopic (exact) mass is 212 g/mol. The number of hydrogen-bond donors (Lipinski definition) is 1. The Bertz CT molecular complexity index is 477. The first-order valence-electron chi connectivity index (χ1n) is 5.41. The van der Waals surface area contributed by atoms with Crippen LogP contribution in [-0.2, 0) is 0 Å². The molecule has 0 spiro atoms. The van der Waals surface area contributed by atoms with Crippen molar-refractivity contribution in [3.8, 4) is 0 Å². The summed E-state index contributed by atoms with van der Waals surface area (Å²) in [5.41, 5.74) is 11.0. The molecule has 0 fully saturated rings. The van der Waals surface area contributed by atoms with Gasteiger partial charge in [0, 0.05) is 12.4 Å². The highest BCUT2D eigenvalue weighted by molar-refractivity contribution is 5.36. The summed E-state index contributed by atoms with van der Waals surface area (Å²) in [6.07, 6.45) is 3.55. The Hall–Kier alpha value is -1.67. The quantitative estimate of drug-likeness (QED) is 0.831. The van der Waals surface area contributed by atoms with Crippen molar-refractivity contribution in [2.45, 2.75) is 19.9 Å². The minimum atomic E-state index is -0.0673. The van der Waals surface area contributed by atoms with Crippen LogP contribution in [0.3, 0.4) is 0 Å². The number of rotatable bonds is 2. The van der Waals surface area contributed by atoms with Crippen molar-refractivity contribution in [1.29, 1.82) is 0 Å². The van der Waals surface area contributed by atoms with E-state index in [1.54, 1.807) is 12.4 Å². The normalized spacial score (nSPS) is 12.4. The molecule has 2 nitrogen and oxygen atoms in total. The molecule has 1 aromatic heterocycles. The van der Waals surface area contributed by atoms with E-state index >= 15 is 0 Å². The Morgan fingerprint density at radius 3 is 2.25 bits per heavy atom. The summed E-state index contributed by atoms with van der Waals surface area (Å²) >= 11 is 0. The molecular weight excluding hydrogens is 196 g/mol. The maximum absolute atomic E-state index is 6.21. The highest BCUT2D eigenvalue weighted by Crippen LogP contribution is 2.21. The van der Waals surface area contributed by atoms with Gasteiger partial charge in [0.05, 0.1) is 6.04 Å². The third-order valence-corrected chi connectivity index (χ3v) is 2.96. The second-order valence-electron chi connectivity index (χ2n) is 4.10. The average molecular weight is 212 g/mol. The number of aromatic nitrogens is 1. The second kappa shape index (κ2) is 4.45. The molecule has 0 saturated heterocycles. The molecule has 0 aliphatic rings. The number of nitrogens with two attached hydrogens (primary N) is 1. The van der Waals surface area contributed by atoms with Crippen LogP contribution in [0.4, 0.5) is 0 Å². The van der Waals surface area contributed by atoms with E-state index < -0.39 is 0 Å². The number of benzene rings is 1. The molecule has 0 saturated carbocycles. The molecule has 1 aromatic carbocycles. The second-order valence-corrected chi connectivity index (χ2v) is 4.10. The van der Waals surface area contributed by atoms with Crippen molar-refractivity contribution >= 4 is 0 Å². The third kappa shape index (κ3) is 2.12. The van der Waals surface area contributed by atoms with Crippen LogP contribution in [0.5, 0.6) is 0 Å². The first-order chi connectivity index (χ1) is 7.68. The number of nitrogens with zero attached hydrogens (tertiary/aromatic N) is 1. The highest BCUT2D eigenvalue weighted by Gasteiger charge is 2.08. The Balaban J connectivity index is 2.34. The Kier molecular flexibility index (Phi) is 3.02. The van der Waals surface area contributed by atoms with Crippen LogP contribution in [0, 0.1) is 13.8 Å². The van der Waals surface area contributed by atoms with Gasteiger partial charge >= 0.3 is 0 Å². The Morgan fingerprint density at radius 1 is 0.938 bits per heavy atom. The van der Waals surface area contributed by atoms with Gasteiger partial charge < -0.3 is 5.73 Å². The van der Waals surface area contributed by atoms with Crippen molar-refractivity contribution < 1.29 is 0 Å². The summed E-state index contributed by atoms with van der Waals surface area (Å²) < 4.78 is 0. The smallest absolute Gasteiger partial charge is 0.0552 e. The SMILES string of the molecule is Cc1ccc([C@H](N)c2ccncc2)cc1C. The van der Waals surface area contributed by atoms with Gasteiger partial charge in [-0.05, 0) is 48.2 Å². The van der Waals surface area contributed by atoms with Crippen molar-refractivity contribution in [3.05, 3.63) is 65.0 Å². The third-order valence-electron chi connectivity index (χ3n) is 2.96. The van der Waals surface area contributed by atoms with Crippen LogP contribution in [-0.4, -0.2) is 4.98 Å². The minimum absolute atomic E-state index is 0.0673. The lowest BCUT2D eigenvalue weighted by Crippen LogP contribution is -2.12. The first-order valence-corrected chi connectivity index (χ1v) is 5.41. The molecule has 0 aliphatic heterocycles. The lowest BCUT2D eigenvalue weighted by Gasteiger charge is -2.13. The van der Waals surface area contributed by atoms with Gasteiger partial charge in [-0.1, -0.05) is 18.2 Å². The first kappa shape index (κ1) is 10.8. The van der Waals surface area contributed by atoms with Crippen molar-refractivity contribution in [2.24, 2.45) is 5.73 Å². The number of pyridine rings is 1. The fourth-order valence-electron chi connectivity index (χ4n) is 1.72. The maximum atomic E-state index is 6.21. The average Bonchev–Trinajstić information content (AvgIpc) is 2.33. The van der Waals surface area contributed by atoms with E-state index in [1.807, 2.05) is 12.1 Å². The molecule has 2 aromatic rings. The molecule has 1 atom stereocenters. The molecule has 0 aliphatic carbocycles. The van der Waals surface area contributed by atoms with E-state index in [0.29, 0.717) is 0 Å². The molecule has 2 heteroatoms. The number of aryl methyl sites for hydroxylation is 2. The molecule has 0 amide bonds. The predicted octanol–water partition coefficient (Wildman–Crippen LogP) is 2.75. The van der Waals surface area contributed by atoms with Crippen molar-refractivity contribution in [3.63, 3.8) is 0 Å². The topological polar surface area (TPSA) is 38.9 Å². The summed E-state index contributed by atoms with van der Waals surface area (Å²) in [6, 6.07) is 10.2. The summed E-state index contributed by atoms with van der Waals surface area (Å²) in [7, 11) is 0. The lowest BCUT2D eigenvalue weighted by molar-refractivity contribution is 0.865. The van der Waals surface area contributed by atoms with Gasteiger partial charge in [0.25, 0.3) is 0 Å². The van der Waals surface area contributed by atoms with E-state index in [4.69, 9.17) is 5.73 Å². The van der Waals surface area contributed by atoms with E-state index in [1.165, 1.54) is 11.1 Å². The summed E-state index contributed by atoms with van der Waals surface area (Å²) in [6.45, 7) is 4.22. The van der Waals surface area contributed by atoms with Gasteiger partial charge in [0.15, 0.2) is 0 Å². The van der Waals surface area contributed by atoms with Crippen LogP contribution in [0.1, 0.15) is 28.3 Å². The molecule has 0 bridgehead atoms. The standard InChI is InChI=1S/C14H16N2/c1-10-3-4-13(9-11(10)2)14(15)12-5-7-16-8-6-12/h3-9,14H,15H2,1-2H3/t14-/m1/s1. The molecule has 2 N–H and O–H groups in total. The van der Waals surface area contributed by atoms with Gasteiger partial charge in [-0.2, -0.15) is 0 Å². The lowest BCUT2D eigenvalue weighted by atomic mass is 9.97. The van der Waals surface area contributed by atoms with Crippen LogP contribution >= 0.6 is 0 Å². The van der Waals surface area contributed by atoms with Crippen LogP contribution < -0.4 is 5.73 Å². The van der Waals surface area contributed by atoms with E-state index in [9.17, 15) is 0 Å². The summed E-state index contributed by atoms with van der Waals surface area (Å²) in [5, 5.41) is 0. The Labute approximate surface area is 96.1 Å². The molecule has 0 unspecified atom stereocenters. The van der Waals surface area contributed by atoms with Crippen molar-refractivity contribution in [1.82, 2.24) is 4.98 Å². The Morgan fingerprint density at radius 2 is 1.62 bits per heavy atom. The van der Waals surface area contributed by atoms with Gasteiger partial charge in [-0.3, -0.25) is 4.98 Å². The van der Waals surface area contributed by atoms with E-state index in [-0.39, 0.29) is 6.04 Å². The van der Waals surface area contributed by atoms with Gasteiger partial charge in [0.2, 0.25) is 0 Å². The fourth-order valence-corrected chi connectivity index (χ4v) is 1.72.